The van der Waals surface area contributed by atoms with Crippen LogP contribution in [0.15, 0.2) is 42.5 Å². The maximum atomic E-state index is 9.20. The van der Waals surface area contributed by atoms with Gasteiger partial charge in [0.05, 0.1) is 0 Å². The second kappa shape index (κ2) is 2.84. The quantitative estimate of drug-likeness (QED) is 0.569. The molecule has 0 saturated carbocycles. The average Bonchev–Trinajstić information content (AvgIpc) is 3.22. The molecule has 4 atom stereocenters. The summed E-state index contributed by atoms with van der Waals surface area (Å²) in [6.07, 6.45) is 4.59. The van der Waals surface area contributed by atoms with Crippen LogP contribution in [-0.2, 0) is 4.31 Å². The van der Waals surface area contributed by atoms with Crippen LogP contribution in [0.25, 0.3) is 0 Å². The summed E-state index contributed by atoms with van der Waals surface area (Å²) in [6, 6.07) is 13.4. The third-order valence-electron chi connectivity index (χ3n) is 3.63. The molecule has 0 amide bonds. The van der Waals surface area contributed by atoms with E-state index in [1.54, 1.807) is 0 Å². The maximum absolute atomic E-state index is 9.20. The summed E-state index contributed by atoms with van der Waals surface area (Å²) < 4.78 is 0.381. The molecule has 1 aliphatic carbocycles. The van der Waals surface area contributed by atoms with Crippen molar-refractivity contribution >= 4 is 29.9 Å². The third-order valence-corrected chi connectivity index (χ3v) is 11.2. The van der Waals surface area contributed by atoms with Gasteiger partial charge in [0, 0.05) is 0 Å². The summed E-state index contributed by atoms with van der Waals surface area (Å²) in [5.41, 5.74) is 1.48. The van der Waals surface area contributed by atoms with Gasteiger partial charge in [-0.25, -0.2) is 0 Å². The Hall–Kier alpha value is -0.511. The first-order chi connectivity index (χ1) is 7.81. The molecule has 3 aliphatic rings. The van der Waals surface area contributed by atoms with Gasteiger partial charge in [-0.15, -0.1) is 0 Å². The van der Waals surface area contributed by atoms with Crippen molar-refractivity contribution in [2.45, 2.75) is 18.3 Å². The van der Waals surface area contributed by atoms with Crippen LogP contribution in [0, 0.1) is 11.3 Å². The van der Waals surface area contributed by atoms with Gasteiger partial charge in [0.25, 0.3) is 0 Å². The van der Waals surface area contributed by atoms with Crippen molar-refractivity contribution in [1.82, 2.24) is 0 Å². The summed E-state index contributed by atoms with van der Waals surface area (Å²) in [4.78, 5) is 1.56. The van der Waals surface area contributed by atoms with Crippen LogP contribution in [0.4, 0.5) is 0 Å². The topological polar surface area (TPSA) is 23.8 Å². The Morgan fingerprint density at radius 1 is 1.06 bits per heavy atom. The average molecular weight is 337 g/mol. The van der Waals surface area contributed by atoms with Gasteiger partial charge in [-0.2, -0.15) is 0 Å². The second-order valence-electron chi connectivity index (χ2n) is 4.47. The Balaban J connectivity index is 1.77. The van der Waals surface area contributed by atoms with Gasteiger partial charge in [-0.1, -0.05) is 0 Å². The SMILES string of the molecule is N#CC12C=CC3(c4ccccc4)[Se]C3C1[Se]2. The first-order valence-corrected chi connectivity index (χ1v) is 9.03. The van der Waals surface area contributed by atoms with E-state index in [2.05, 4.69) is 48.6 Å². The zero-order valence-electron chi connectivity index (χ0n) is 8.46. The summed E-state index contributed by atoms with van der Waals surface area (Å²) in [5.74, 6) is 0. The normalized spacial score (nSPS) is 46.4. The standard InChI is InChI=1S/C13H9NSe2/c14-8-12-6-7-13(9-4-2-1-3-5-9)11(16-13)10(12)15-12/h1-7,10-11H. The number of fused-ring (bicyclic) bond motifs is 3. The fourth-order valence-corrected chi connectivity index (χ4v) is 10.2. The third kappa shape index (κ3) is 1.02. The summed E-state index contributed by atoms with van der Waals surface area (Å²) in [5, 5.41) is 9.20. The molecule has 4 rings (SSSR count). The number of allylic oxidation sites excluding steroid dienone is 2. The van der Waals surface area contributed by atoms with E-state index >= 15 is 0 Å². The molecule has 0 bridgehead atoms. The number of nitriles is 1. The Morgan fingerprint density at radius 2 is 1.88 bits per heavy atom. The van der Waals surface area contributed by atoms with Crippen molar-refractivity contribution in [3.63, 3.8) is 0 Å². The van der Waals surface area contributed by atoms with E-state index in [1.165, 1.54) is 5.56 Å². The molecule has 16 heavy (non-hydrogen) atoms. The van der Waals surface area contributed by atoms with Crippen LogP contribution in [0.2, 0.25) is 13.9 Å². The van der Waals surface area contributed by atoms with Gasteiger partial charge >= 0.3 is 108 Å². The molecule has 0 aromatic heterocycles. The van der Waals surface area contributed by atoms with Gasteiger partial charge in [0.1, 0.15) is 0 Å². The van der Waals surface area contributed by atoms with Crippen LogP contribution in [-0.4, -0.2) is 29.9 Å². The predicted octanol–water partition coefficient (Wildman–Crippen LogP) is 2.15. The molecule has 0 N–H and O–H groups in total. The molecule has 1 aromatic rings. The van der Waals surface area contributed by atoms with Crippen molar-refractivity contribution in [2.75, 3.05) is 0 Å². The van der Waals surface area contributed by atoms with Crippen LogP contribution in [0.5, 0.6) is 0 Å². The molecular formula is C13H9NSe2. The van der Waals surface area contributed by atoms with E-state index in [-0.39, 0.29) is 4.31 Å². The Labute approximate surface area is 107 Å². The first-order valence-electron chi connectivity index (χ1n) is 5.34. The molecular weight excluding hydrogens is 328 g/mol. The van der Waals surface area contributed by atoms with Crippen molar-refractivity contribution in [2.24, 2.45) is 0 Å². The van der Waals surface area contributed by atoms with E-state index in [9.17, 15) is 5.26 Å². The number of rotatable bonds is 1. The molecule has 3 heteroatoms. The molecule has 2 fully saturated rings. The minimum absolute atomic E-state index is 0.00813. The fraction of sp³-hybridized carbons (Fsp3) is 0.308. The molecule has 0 radical (unpaired) electrons. The molecule has 1 nitrogen and oxygen atoms in total. The zero-order valence-corrected chi connectivity index (χ0v) is 11.9. The van der Waals surface area contributed by atoms with Crippen molar-refractivity contribution in [1.29, 1.82) is 5.26 Å². The van der Waals surface area contributed by atoms with Crippen LogP contribution in [0.3, 0.4) is 0 Å². The van der Waals surface area contributed by atoms with Crippen molar-refractivity contribution in [3.8, 4) is 6.07 Å². The van der Waals surface area contributed by atoms with Gasteiger partial charge in [0.2, 0.25) is 0 Å². The number of hydrogen-bond acceptors (Lipinski definition) is 1. The molecule has 2 heterocycles. The Morgan fingerprint density at radius 3 is 2.62 bits per heavy atom. The minimum atomic E-state index is 0.00813. The van der Waals surface area contributed by atoms with Crippen molar-refractivity contribution < 1.29 is 0 Å². The first kappa shape index (κ1) is 9.51. The summed E-state index contributed by atoms with van der Waals surface area (Å²) in [7, 11) is 0. The number of nitrogens with zero attached hydrogens (tertiary/aromatic N) is 1. The Kier molecular flexibility index (Phi) is 1.69. The Bertz CT molecular complexity index is 533. The van der Waals surface area contributed by atoms with Crippen molar-refractivity contribution in [3.05, 3.63) is 48.0 Å². The van der Waals surface area contributed by atoms with E-state index in [1.807, 2.05) is 0 Å². The van der Waals surface area contributed by atoms with E-state index in [4.69, 9.17) is 0 Å². The number of hydrogen-bond donors (Lipinski definition) is 0. The molecule has 2 saturated heterocycles. The second-order valence-corrected chi connectivity index (χ2v) is 10.4. The number of benzene rings is 1. The predicted molar refractivity (Wildman–Crippen MR) is 64.6 cm³/mol. The van der Waals surface area contributed by atoms with E-state index < -0.39 is 0 Å². The molecule has 2 aliphatic heterocycles. The van der Waals surface area contributed by atoms with Crippen LogP contribution >= 0.6 is 0 Å². The summed E-state index contributed by atoms with van der Waals surface area (Å²) in [6.45, 7) is 0. The molecule has 0 spiro atoms. The van der Waals surface area contributed by atoms with Gasteiger partial charge in [-0.05, 0) is 0 Å². The zero-order chi connectivity index (χ0) is 10.8. The molecule has 1 aromatic carbocycles. The molecule has 78 valence electrons. The van der Waals surface area contributed by atoms with Crippen LogP contribution < -0.4 is 0 Å². The molecule has 4 unspecified atom stereocenters. The fourth-order valence-electron chi connectivity index (χ4n) is 2.60. The monoisotopic (exact) mass is 339 g/mol. The van der Waals surface area contributed by atoms with Gasteiger partial charge < -0.3 is 0 Å². The van der Waals surface area contributed by atoms with Gasteiger partial charge in [-0.3, -0.25) is 0 Å². The van der Waals surface area contributed by atoms with E-state index in [0.717, 1.165) is 9.63 Å². The van der Waals surface area contributed by atoms with E-state index in [0.29, 0.717) is 34.2 Å². The van der Waals surface area contributed by atoms with Gasteiger partial charge in [0.15, 0.2) is 0 Å². The summed E-state index contributed by atoms with van der Waals surface area (Å²) >= 11 is 1.24. The van der Waals surface area contributed by atoms with Crippen LogP contribution in [0.1, 0.15) is 5.56 Å².